The monoisotopic (exact) mass is 309 g/mol. The average Bonchev–Trinajstić information content (AvgIpc) is 2.94. The molecule has 2 aromatic heterocycles. The van der Waals surface area contributed by atoms with Crippen molar-refractivity contribution < 1.29 is 9.53 Å². The number of H-pyrrole nitrogens is 1. The summed E-state index contributed by atoms with van der Waals surface area (Å²) < 4.78 is 4.82. The van der Waals surface area contributed by atoms with E-state index in [9.17, 15) is 4.79 Å². The molecule has 0 aliphatic heterocycles. The van der Waals surface area contributed by atoms with E-state index in [2.05, 4.69) is 25.3 Å². The molecule has 0 aromatic carbocycles. The lowest BCUT2D eigenvalue weighted by molar-refractivity contribution is -0.143. The Morgan fingerprint density at radius 3 is 2.95 bits per heavy atom. The van der Waals surface area contributed by atoms with E-state index >= 15 is 0 Å². The van der Waals surface area contributed by atoms with Crippen LogP contribution in [0.5, 0.6) is 0 Å². The Kier molecular flexibility index (Phi) is 5.51. The van der Waals surface area contributed by atoms with Crippen molar-refractivity contribution in [3.63, 3.8) is 0 Å². The molecule has 114 valence electrons. The van der Waals surface area contributed by atoms with Gasteiger partial charge in [-0.2, -0.15) is 0 Å². The van der Waals surface area contributed by atoms with Gasteiger partial charge in [0.2, 0.25) is 0 Å². The molecule has 0 amide bonds. The number of ether oxygens (including phenoxy) is 1. The Hall–Kier alpha value is -1.67. The summed E-state index contributed by atoms with van der Waals surface area (Å²) in [6.07, 6.45) is 3.76. The van der Waals surface area contributed by atoms with Crippen LogP contribution in [-0.2, 0) is 9.53 Å². The van der Waals surface area contributed by atoms with Crippen LogP contribution in [0, 0.1) is 0 Å². The standard InChI is InChI=1S/C13H19N5O2S/c1-8(2)18-9(13(19)20-3)4-5-21-12-10-11(15-6-14-10)16-7-17-12/h6-9,18H,4-5H2,1-3H3,(H,14,15,16,17). The van der Waals surface area contributed by atoms with Crippen LogP contribution in [0.4, 0.5) is 0 Å². The van der Waals surface area contributed by atoms with E-state index in [1.807, 2.05) is 13.8 Å². The van der Waals surface area contributed by atoms with Crippen molar-refractivity contribution in [2.45, 2.75) is 37.4 Å². The van der Waals surface area contributed by atoms with Gasteiger partial charge in [0.05, 0.1) is 13.4 Å². The fourth-order valence-electron chi connectivity index (χ4n) is 1.94. The van der Waals surface area contributed by atoms with E-state index in [0.29, 0.717) is 12.1 Å². The number of thioether (sulfide) groups is 1. The number of methoxy groups -OCH3 is 1. The number of carbonyl (C=O) groups excluding carboxylic acids is 1. The molecule has 8 heteroatoms. The van der Waals surface area contributed by atoms with Crippen LogP contribution < -0.4 is 5.32 Å². The second-order valence-electron chi connectivity index (χ2n) is 4.81. The number of rotatable bonds is 7. The number of nitrogens with zero attached hydrogens (tertiary/aromatic N) is 3. The molecule has 1 unspecified atom stereocenters. The highest BCUT2D eigenvalue weighted by molar-refractivity contribution is 7.99. The zero-order chi connectivity index (χ0) is 15.2. The van der Waals surface area contributed by atoms with Crippen molar-refractivity contribution in [3.05, 3.63) is 12.7 Å². The molecule has 0 saturated heterocycles. The first-order valence-corrected chi connectivity index (χ1v) is 7.71. The largest absolute Gasteiger partial charge is 0.468 e. The summed E-state index contributed by atoms with van der Waals surface area (Å²) in [5, 5.41) is 4.05. The number of esters is 1. The molecule has 0 aliphatic carbocycles. The fraction of sp³-hybridized carbons (Fsp3) is 0.538. The molecule has 21 heavy (non-hydrogen) atoms. The highest BCUT2D eigenvalue weighted by Crippen LogP contribution is 2.22. The van der Waals surface area contributed by atoms with Gasteiger partial charge in [-0.25, -0.2) is 15.0 Å². The third-order valence-electron chi connectivity index (χ3n) is 2.85. The van der Waals surface area contributed by atoms with E-state index in [4.69, 9.17) is 4.74 Å². The zero-order valence-corrected chi connectivity index (χ0v) is 13.1. The van der Waals surface area contributed by atoms with Crippen LogP contribution in [0.25, 0.3) is 11.2 Å². The molecule has 0 radical (unpaired) electrons. The highest BCUT2D eigenvalue weighted by atomic mass is 32.2. The summed E-state index contributed by atoms with van der Waals surface area (Å²) in [6.45, 7) is 4.00. The van der Waals surface area contributed by atoms with Gasteiger partial charge >= 0.3 is 5.97 Å². The number of aromatic nitrogens is 4. The maximum absolute atomic E-state index is 11.7. The molecular weight excluding hydrogens is 290 g/mol. The first kappa shape index (κ1) is 15.7. The molecule has 2 heterocycles. The first-order valence-electron chi connectivity index (χ1n) is 6.72. The molecule has 2 N–H and O–H groups in total. The van der Waals surface area contributed by atoms with E-state index in [1.165, 1.54) is 13.4 Å². The van der Waals surface area contributed by atoms with Gasteiger partial charge in [0.1, 0.15) is 22.9 Å². The summed E-state index contributed by atoms with van der Waals surface area (Å²) in [4.78, 5) is 27.2. The Labute approximate surface area is 127 Å². The van der Waals surface area contributed by atoms with Crippen LogP contribution in [0.2, 0.25) is 0 Å². The Bertz CT molecular complexity index is 601. The fourth-order valence-corrected chi connectivity index (χ4v) is 2.90. The van der Waals surface area contributed by atoms with Crippen molar-refractivity contribution in [2.24, 2.45) is 0 Å². The number of fused-ring (bicyclic) bond motifs is 1. The summed E-state index contributed by atoms with van der Waals surface area (Å²) >= 11 is 1.57. The van der Waals surface area contributed by atoms with Gasteiger partial charge in [0.25, 0.3) is 0 Å². The first-order chi connectivity index (χ1) is 10.1. The third kappa shape index (κ3) is 4.15. The van der Waals surface area contributed by atoms with Gasteiger partial charge in [-0.15, -0.1) is 11.8 Å². The van der Waals surface area contributed by atoms with Crippen molar-refractivity contribution >= 4 is 28.9 Å². The lowest BCUT2D eigenvalue weighted by Gasteiger charge is -2.18. The van der Waals surface area contributed by atoms with E-state index in [0.717, 1.165) is 16.3 Å². The Morgan fingerprint density at radius 2 is 2.24 bits per heavy atom. The second-order valence-corrected chi connectivity index (χ2v) is 5.90. The van der Waals surface area contributed by atoms with E-state index < -0.39 is 0 Å². The van der Waals surface area contributed by atoms with Gasteiger partial charge in [-0.05, 0) is 6.42 Å². The quantitative estimate of drug-likeness (QED) is 0.453. The molecule has 2 rings (SSSR count). The Balaban J connectivity index is 1.95. The average molecular weight is 309 g/mol. The number of hydrogen-bond donors (Lipinski definition) is 2. The second kappa shape index (κ2) is 7.37. The summed E-state index contributed by atoms with van der Waals surface area (Å²) in [5.41, 5.74) is 1.48. The summed E-state index contributed by atoms with van der Waals surface area (Å²) in [5.74, 6) is 0.503. The van der Waals surface area contributed by atoms with Gasteiger partial charge in [-0.3, -0.25) is 4.79 Å². The number of carbonyl (C=O) groups is 1. The molecular formula is C13H19N5O2S. The van der Waals surface area contributed by atoms with Crippen LogP contribution in [0.1, 0.15) is 20.3 Å². The molecule has 0 aliphatic rings. The Morgan fingerprint density at radius 1 is 1.43 bits per heavy atom. The van der Waals surface area contributed by atoms with Crippen LogP contribution in [-0.4, -0.2) is 50.9 Å². The minimum atomic E-state index is -0.304. The van der Waals surface area contributed by atoms with Crippen molar-refractivity contribution in [1.82, 2.24) is 25.3 Å². The molecule has 1 atom stereocenters. The molecule has 0 saturated carbocycles. The minimum Gasteiger partial charge on any atom is -0.468 e. The summed E-state index contributed by atoms with van der Waals surface area (Å²) in [6, 6.07) is -0.0842. The van der Waals surface area contributed by atoms with Crippen molar-refractivity contribution in [1.29, 1.82) is 0 Å². The molecule has 0 spiro atoms. The SMILES string of the molecule is COC(=O)C(CCSc1ncnc2nc[nH]c12)NC(C)C. The number of hydrogen-bond acceptors (Lipinski definition) is 7. The minimum absolute atomic E-state index is 0.220. The molecule has 2 aromatic rings. The van der Waals surface area contributed by atoms with Crippen LogP contribution in [0.15, 0.2) is 17.7 Å². The maximum Gasteiger partial charge on any atom is 0.322 e. The number of imidazole rings is 1. The smallest absolute Gasteiger partial charge is 0.322 e. The van der Waals surface area contributed by atoms with Gasteiger partial charge < -0.3 is 15.0 Å². The predicted molar refractivity (Wildman–Crippen MR) is 81.1 cm³/mol. The van der Waals surface area contributed by atoms with Gasteiger partial charge in [0, 0.05) is 11.8 Å². The van der Waals surface area contributed by atoms with Crippen LogP contribution >= 0.6 is 11.8 Å². The maximum atomic E-state index is 11.7. The van der Waals surface area contributed by atoms with E-state index in [1.54, 1.807) is 18.1 Å². The molecule has 0 bridgehead atoms. The molecule has 0 fully saturated rings. The number of aromatic amines is 1. The molecule has 7 nitrogen and oxygen atoms in total. The van der Waals surface area contributed by atoms with Gasteiger partial charge in [-0.1, -0.05) is 13.8 Å². The summed E-state index contributed by atoms with van der Waals surface area (Å²) in [7, 11) is 1.41. The van der Waals surface area contributed by atoms with E-state index in [-0.39, 0.29) is 18.1 Å². The third-order valence-corrected chi connectivity index (χ3v) is 3.88. The normalized spacial score (nSPS) is 12.8. The topological polar surface area (TPSA) is 92.8 Å². The zero-order valence-electron chi connectivity index (χ0n) is 12.3. The van der Waals surface area contributed by atoms with Crippen molar-refractivity contribution in [2.75, 3.05) is 12.9 Å². The lowest BCUT2D eigenvalue weighted by atomic mass is 10.2. The van der Waals surface area contributed by atoms with Gasteiger partial charge in [0.15, 0.2) is 5.65 Å². The lowest BCUT2D eigenvalue weighted by Crippen LogP contribution is -2.41. The van der Waals surface area contributed by atoms with Crippen molar-refractivity contribution in [3.8, 4) is 0 Å². The predicted octanol–water partition coefficient (Wildman–Crippen LogP) is 1.37. The highest BCUT2D eigenvalue weighted by Gasteiger charge is 2.19. The van der Waals surface area contributed by atoms with Crippen LogP contribution in [0.3, 0.4) is 0 Å². The number of nitrogens with one attached hydrogen (secondary N) is 2.